The number of carbonyl (C=O) groups is 2. The number of hydrogen-bond donors (Lipinski definition) is 1. The second-order valence-corrected chi connectivity index (χ2v) is 6.42. The number of pyridine rings is 1. The van der Waals surface area contributed by atoms with Gasteiger partial charge in [0.05, 0.1) is 26.3 Å². The maximum atomic E-state index is 12.1. The molecular formula is C16H11Cl3N2O5. The lowest BCUT2D eigenvalue weighted by Crippen LogP contribution is -2.21. The van der Waals surface area contributed by atoms with Crippen molar-refractivity contribution in [2.24, 2.45) is 0 Å². The van der Waals surface area contributed by atoms with Crippen molar-refractivity contribution in [2.45, 2.75) is 6.92 Å². The number of amides is 1. The fourth-order valence-electron chi connectivity index (χ4n) is 2.11. The van der Waals surface area contributed by atoms with E-state index < -0.39 is 18.5 Å². The minimum Gasteiger partial charge on any atom is -0.454 e. The quantitative estimate of drug-likeness (QED) is 0.760. The molecule has 0 fully saturated rings. The fourth-order valence-corrected chi connectivity index (χ4v) is 2.79. The van der Waals surface area contributed by atoms with Crippen LogP contribution in [0.3, 0.4) is 0 Å². The second-order valence-electron chi connectivity index (χ2n) is 5.20. The number of fused-ring (bicyclic) bond motifs is 1. The molecule has 2 aromatic rings. The lowest BCUT2D eigenvalue weighted by atomic mass is 10.2. The number of rotatable bonds is 4. The second kappa shape index (κ2) is 7.57. The predicted molar refractivity (Wildman–Crippen MR) is 95.5 cm³/mol. The van der Waals surface area contributed by atoms with E-state index in [4.69, 9.17) is 49.0 Å². The molecule has 0 atom stereocenters. The van der Waals surface area contributed by atoms with Crippen molar-refractivity contribution in [1.82, 2.24) is 4.98 Å². The van der Waals surface area contributed by atoms with Gasteiger partial charge in [0.1, 0.15) is 0 Å². The van der Waals surface area contributed by atoms with Crippen LogP contribution in [0, 0.1) is 6.92 Å². The van der Waals surface area contributed by atoms with Gasteiger partial charge in [0, 0.05) is 0 Å². The Morgan fingerprint density at radius 1 is 1.15 bits per heavy atom. The zero-order chi connectivity index (χ0) is 18.8. The molecule has 136 valence electrons. The number of anilines is 1. The van der Waals surface area contributed by atoms with E-state index in [0.717, 1.165) is 0 Å². The molecule has 3 rings (SSSR count). The fraction of sp³-hybridized carbons (Fsp3) is 0.188. The molecule has 26 heavy (non-hydrogen) atoms. The highest BCUT2D eigenvalue weighted by Gasteiger charge is 2.22. The van der Waals surface area contributed by atoms with Crippen LogP contribution < -0.4 is 14.8 Å². The molecule has 0 unspecified atom stereocenters. The molecule has 1 amide bonds. The number of hydrogen-bond acceptors (Lipinski definition) is 6. The smallest absolute Gasteiger partial charge is 0.338 e. The summed E-state index contributed by atoms with van der Waals surface area (Å²) in [5.41, 5.74) is 0.629. The number of nitrogens with one attached hydrogen (secondary N) is 1. The van der Waals surface area contributed by atoms with Gasteiger partial charge in [0.15, 0.2) is 23.9 Å². The number of aromatic nitrogens is 1. The van der Waals surface area contributed by atoms with Crippen LogP contribution in [0.2, 0.25) is 15.1 Å². The van der Waals surface area contributed by atoms with Crippen molar-refractivity contribution in [1.29, 1.82) is 0 Å². The number of esters is 1. The standard InChI is InChI=1S/C16H11Cl3N2O5/c1-7-9(17)4-11(19)15(20-7)21-13(22)5-24-16(23)8-2-10(18)14-12(3-8)25-6-26-14/h2-4H,5-6H2,1H3,(H,20,21,22). The lowest BCUT2D eigenvalue weighted by Gasteiger charge is -2.09. The summed E-state index contributed by atoms with van der Waals surface area (Å²) in [5.74, 6) is -0.532. The van der Waals surface area contributed by atoms with Crippen LogP contribution >= 0.6 is 34.8 Å². The van der Waals surface area contributed by atoms with Gasteiger partial charge in [-0.15, -0.1) is 0 Å². The van der Waals surface area contributed by atoms with Gasteiger partial charge in [-0.3, -0.25) is 4.79 Å². The summed E-state index contributed by atoms with van der Waals surface area (Å²) in [6, 6.07) is 4.26. The van der Waals surface area contributed by atoms with Crippen LogP contribution in [-0.4, -0.2) is 30.3 Å². The van der Waals surface area contributed by atoms with E-state index in [1.807, 2.05) is 0 Å². The molecule has 0 radical (unpaired) electrons. The van der Waals surface area contributed by atoms with E-state index in [-0.39, 0.29) is 28.2 Å². The summed E-state index contributed by atoms with van der Waals surface area (Å²) < 4.78 is 15.3. The van der Waals surface area contributed by atoms with Gasteiger partial charge < -0.3 is 19.5 Å². The molecule has 1 aromatic heterocycles. The Morgan fingerprint density at radius 2 is 1.92 bits per heavy atom. The third kappa shape index (κ3) is 3.95. The highest BCUT2D eigenvalue weighted by molar-refractivity contribution is 6.36. The molecular weight excluding hydrogens is 407 g/mol. The zero-order valence-corrected chi connectivity index (χ0v) is 15.5. The minimum absolute atomic E-state index is 0.0181. The van der Waals surface area contributed by atoms with E-state index in [0.29, 0.717) is 22.2 Å². The molecule has 7 nitrogen and oxygen atoms in total. The van der Waals surface area contributed by atoms with Gasteiger partial charge in [-0.05, 0) is 25.1 Å². The normalized spacial score (nSPS) is 12.0. The van der Waals surface area contributed by atoms with Crippen molar-refractivity contribution in [3.63, 3.8) is 0 Å². The molecule has 1 aromatic carbocycles. The van der Waals surface area contributed by atoms with Crippen LogP contribution in [0.5, 0.6) is 11.5 Å². The number of ether oxygens (including phenoxy) is 3. The van der Waals surface area contributed by atoms with E-state index in [2.05, 4.69) is 10.3 Å². The number of aryl methyl sites for hydroxylation is 1. The average Bonchev–Trinajstić information content (AvgIpc) is 3.06. The third-order valence-electron chi connectivity index (χ3n) is 3.36. The molecule has 0 aliphatic carbocycles. The molecule has 0 saturated carbocycles. The zero-order valence-electron chi connectivity index (χ0n) is 13.3. The van der Waals surface area contributed by atoms with Gasteiger partial charge in [-0.25, -0.2) is 9.78 Å². The minimum atomic E-state index is -0.744. The van der Waals surface area contributed by atoms with Crippen LogP contribution in [0.4, 0.5) is 5.82 Å². The van der Waals surface area contributed by atoms with Crippen molar-refractivity contribution in [3.8, 4) is 11.5 Å². The van der Waals surface area contributed by atoms with Crippen LogP contribution in [-0.2, 0) is 9.53 Å². The molecule has 0 spiro atoms. The van der Waals surface area contributed by atoms with E-state index >= 15 is 0 Å². The Hall–Kier alpha value is -2.22. The van der Waals surface area contributed by atoms with Crippen molar-refractivity contribution >= 4 is 52.5 Å². The molecule has 0 saturated heterocycles. The summed E-state index contributed by atoms with van der Waals surface area (Å²) in [4.78, 5) is 28.1. The summed E-state index contributed by atoms with van der Waals surface area (Å²) in [7, 11) is 0. The molecule has 10 heteroatoms. The number of carbonyl (C=O) groups excluding carboxylic acids is 2. The van der Waals surface area contributed by atoms with Crippen LogP contribution in [0.1, 0.15) is 16.1 Å². The van der Waals surface area contributed by atoms with Crippen LogP contribution in [0.15, 0.2) is 18.2 Å². The van der Waals surface area contributed by atoms with Crippen molar-refractivity contribution in [3.05, 3.63) is 44.5 Å². The summed E-state index contributed by atoms with van der Waals surface area (Å²) >= 11 is 17.9. The Bertz CT molecular complexity index is 904. The number of benzene rings is 1. The summed E-state index contributed by atoms with van der Waals surface area (Å²) in [6.45, 7) is 1.15. The first-order valence-corrected chi connectivity index (χ1v) is 8.37. The maximum absolute atomic E-state index is 12.1. The molecule has 1 aliphatic rings. The van der Waals surface area contributed by atoms with Gasteiger partial charge in [0.2, 0.25) is 6.79 Å². The largest absolute Gasteiger partial charge is 0.454 e. The van der Waals surface area contributed by atoms with Gasteiger partial charge in [-0.2, -0.15) is 0 Å². The summed E-state index contributed by atoms with van der Waals surface area (Å²) in [6.07, 6.45) is 0. The monoisotopic (exact) mass is 416 g/mol. The molecule has 1 aliphatic heterocycles. The SMILES string of the molecule is Cc1nc(NC(=O)COC(=O)c2cc(Cl)c3c(c2)OCO3)c(Cl)cc1Cl. The first-order valence-electron chi connectivity index (χ1n) is 7.24. The summed E-state index contributed by atoms with van der Waals surface area (Å²) in [5, 5.41) is 3.21. The first-order chi connectivity index (χ1) is 12.3. The molecule has 1 N–H and O–H groups in total. The highest BCUT2D eigenvalue weighted by atomic mass is 35.5. The third-order valence-corrected chi connectivity index (χ3v) is 4.31. The Labute approximate surface area is 163 Å². The van der Waals surface area contributed by atoms with Crippen LogP contribution in [0.25, 0.3) is 0 Å². The van der Waals surface area contributed by atoms with Crippen molar-refractivity contribution in [2.75, 3.05) is 18.7 Å². The van der Waals surface area contributed by atoms with Gasteiger partial charge >= 0.3 is 5.97 Å². The first kappa shape index (κ1) is 18.6. The van der Waals surface area contributed by atoms with E-state index in [1.165, 1.54) is 18.2 Å². The topological polar surface area (TPSA) is 86.8 Å². The number of halogens is 3. The van der Waals surface area contributed by atoms with E-state index in [9.17, 15) is 9.59 Å². The van der Waals surface area contributed by atoms with Crippen molar-refractivity contribution < 1.29 is 23.8 Å². The molecule has 0 bridgehead atoms. The highest BCUT2D eigenvalue weighted by Crippen LogP contribution is 2.39. The predicted octanol–water partition coefficient (Wildman–Crippen LogP) is 3.87. The average molecular weight is 418 g/mol. The lowest BCUT2D eigenvalue weighted by molar-refractivity contribution is -0.119. The Morgan fingerprint density at radius 3 is 2.69 bits per heavy atom. The van der Waals surface area contributed by atoms with E-state index in [1.54, 1.807) is 6.92 Å². The van der Waals surface area contributed by atoms with Gasteiger partial charge in [-0.1, -0.05) is 34.8 Å². The van der Waals surface area contributed by atoms with Gasteiger partial charge in [0.25, 0.3) is 5.91 Å². The molecule has 2 heterocycles. The maximum Gasteiger partial charge on any atom is 0.338 e. The Kier molecular flexibility index (Phi) is 5.41. The number of nitrogens with zero attached hydrogens (tertiary/aromatic N) is 1. The Balaban J connectivity index is 1.62.